The van der Waals surface area contributed by atoms with Crippen LogP contribution in [0.15, 0.2) is 34.7 Å². The van der Waals surface area contributed by atoms with E-state index in [0.717, 1.165) is 22.5 Å². The maximum absolute atomic E-state index is 12.8. The van der Waals surface area contributed by atoms with Crippen molar-refractivity contribution in [2.75, 3.05) is 22.5 Å². The molecule has 2 aliphatic rings. The van der Waals surface area contributed by atoms with Crippen LogP contribution in [-0.2, 0) is 0 Å². The van der Waals surface area contributed by atoms with E-state index < -0.39 is 0 Å². The molecule has 0 radical (unpaired) electrons. The average Bonchev–Trinajstić information content (AvgIpc) is 3.30. The summed E-state index contributed by atoms with van der Waals surface area (Å²) in [6, 6.07) is 9.11. The number of anilines is 3. The molecular weight excluding hydrogens is 411 g/mol. The van der Waals surface area contributed by atoms with Crippen LogP contribution in [0, 0.1) is 12.8 Å². The van der Waals surface area contributed by atoms with Crippen LogP contribution < -0.4 is 21.3 Å². The summed E-state index contributed by atoms with van der Waals surface area (Å²) >= 11 is 12.6. The van der Waals surface area contributed by atoms with Crippen LogP contribution in [-0.4, -0.2) is 18.7 Å². The number of benzene rings is 2. The molecule has 5 rings (SSSR count). The van der Waals surface area contributed by atoms with E-state index in [-0.39, 0.29) is 12.2 Å². The molecule has 3 aromatic rings. The topological polar surface area (TPSA) is 78.3 Å². The third-order valence-corrected chi connectivity index (χ3v) is 5.89. The predicted octanol–water partition coefficient (Wildman–Crippen LogP) is 5.42. The van der Waals surface area contributed by atoms with Gasteiger partial charge in [0.15, 0.2) is 6.29 Å². The lowest BCUT2D eigenvalue weighted by atomic mass is 10.1. The zero-order valence-electron chi connectivity index (χ0n) is 15.7. The van der Waals surface area contributed by atoms with Gasteiger partial charge in [-0.05, 0) is 49.9 Å². The van der Waals surface area contributed by atoms with Gasteiger partial charge in [0.25, 0.3) is 5.91 Å². The fourth-order valence-corrected chi connectivity index (χ4v) is 4.11. The number of carbonyl (C=O) groups excluding carboxylic acids is 1. The molecule has 0 bridgehead atoms. The Labute approximate surface area is 177 Å². The second kappa shape index (κ2) is 7.04. The standard InChI is InChI=1S/C21H20Cl2N4O2/c1-10-7-12-17-16(8-13(19(12)29-10)20(28)24-9-11-5-6-11)25-21(26-17)27-18-14(22)3-2-4-15(18)23/h2-4,7-8,11,21,25-27H,5-6,9H2,1H3,(H,24,28). The van der Waals surface area contributed by atoms with Crippen molar-refractivity contribution >= 4 is 57.1 Å². The maximum atomic E-state index is 12.8. The highest BCUT2D eigenvalue weighted by molar-refractivity contribution is 6.39. The summed E-state index contributed by atoms with van der Waals surface area (Å²) in [6.45, 7) is 2.58. The van der Waals surface area contributed by atoms with Crippen molar-refractivity contribution in [2.24, 2.45) is 5.92 Å². The lowest BCUT2D eigenvalue weighted by Crippen LogP contribution is -2.31. The summed E-state index contributed by atoms with van der Waals surface area (Å²) in [7, 11) is 0. The molecule has 2 aromatic carbocycles. The molecule has 150 valence electrons. The monoisotopic (exact) mass is 430 g/mol. The number of hydrogen-bond donors (Lipinski definition) is 4. The number of halogens is 2. The lowest BCUT2D eigenvalue weighted by Gasteiger charge is -2.17. The molecule has 29 heavy (non-hydrogen) atoms. The molecule has 1 amide bonds. The Morgan fingerprint density at radius 1 is 1.21 bits per heavy atom. The molecule has 1 aliphatic heterocycles. The van der Waals surface area contributed by atoms with Gasteiger partial charge in [-0.2, -0.15) is 0 Å². The third-order valence-electron chi connectivity index (χ3n) is 5.26. The van der Waals surface area contributed by atoms with Crippen molar-refractivity contribution in [3.05, 3.63) is 51.7 Å². The summed E-state index contributed by atoms with van der Waals surface area (Å²) in [6.07, 6.45) is 2.03. The normalized spacial score (nSPS) is 17.6. The largest absolute Gasteiger partial charge is 0.460 e. The first-order valence-electron chi connectivity index (χ1n) is 9.58. The summed E-state index contributed by atoms with van der Waals surface area (Å²) in [5.41, 5.74) is 3.43. The fraction of sp³-hybridized carbons (Fsp3) is 0.286. The number of hydrogen-bond acceptors (Lipinski definition) is 5. The van der Waals surface area contributed by atoms with Crippen LogP contribution in [0.2, 0.25) is 10.0 Å². The number of fused-ring (bicyclic) bond motifs is 3. The van der Waals surface area contributed by atoms with Gasteiger partial charge in [-0.15, -0.1) is 0 Å². The predicted molar refractivity (Wildman–Crippen MR) is 117 cm³/mol. The summed E-state index contributed by atoms with van der Waals surface area (Å²) in [4.78, 5) is 12.8. The summed E-state index contributed by atoms with van der Waals surface area (Å²) < 4.78 is 5.87. The van der Waals surface area contributed by atoms with E-state index in [1.165, 1.54) is 12.8 Å². The molecule has 1 unspecified atom stereocenters. The minimum absolute atomic E-state index is 0.119. The van der Waals surface area contributed by atoms with Gasteiger partial charge in [-0.1, -0.05) is 29.3 Å². The van der Waals surface area contributed by atoms with Gasteiger partial charge in [0, 0.05) is 11.9 Å². The van der Waals surface area contributed by atoms with E-state index in [2.05, 4.69) is 21.3 Å². The highest BCUT2D eigenvalue weighted by Crippen LogP contribution is 2.41. The Hall–Kier alpha value is -2.57. The number of aryl methyl sites for hydroxylation is 1. The molecule has 0 saturated heterocycles. The van der Waals surface area contributed by atoms with Crippen molar-refractivity contribution in [3.8, 4) is 0 Å². The van der Waals surface area contributed by atoms with Crippen molar-refractivity contribution in [2.45, 2.75) is 26.1 Å². The maximum Gasteiger partial charge on any atom is 0.255 e. The first kappa shape index (κ1) is 18.5. The molecule has 1 saturated carbocycles. The zero-order chi connectivity index (χ0) is 20.1. The fourth-order valence-electron chi connectivity index (χ4n) is 3.61. The Kier molecular flexibility index (Phi) is 4.48. The third kappa shape index (κ3) is 3.47. The molecule has 0 spiro atoms. The molecule has 4 N–H and O–H groups in total. The van der Waals surface area contributed by atoms with Gasteiger partial charge in [0.05, 0.1) is 32.7 Å². The second-order valence-electron chi connectivity index (χ2n) is 7.56. The van der Waals surface area contributed by atoms with E-state index in [1.807, 2.05) is 19.1 Å². The van der Waals surface area contributed by atoms with Crippen LogP contribution in [0.5, 0.6) is 0 Å². The Bertz CT molecular complexity index is 1100. The lowest BCUT2D eigenvalue weighted by molar-refractivity contribution is 0.0952. The molecule has 1 aliphatic carbocycles. The molecule has 1 fully saturated rings. The number of furan rings is 1. The number of nitrogens with one attached hydrogen (secondary N) is 4. The minimum atomic E-state index is -0.342. The van der Waals surface area contributed by atoms with Crippen LogP contribution in [0.4, 0.5) is 17.1 Å². The molecule has 1 atom stereocenters. The number of carbonyl (C=O) groups is 1. The van der Waals surface area contributed by atoms with Crippen LogP contribution >= 0.6 is 23.2 Å². The Balaban J connectivity index is 1.46. The first-order valence-corrected chi connectivity index (χ1v) is 10.3. The van der Waals surface area contributed by atoms with Gasteiger partial charge in [-0.3, -0.25) is 4.79 Å². The van der Waals surface area contributed by atoms with Gasteiger partial charge in [-0.25, -0.2) is 0 Å². The minimum Gasteiger partial charge on any atom is -0.460 e. The number of rotatable bonds is 5. The van der Waals surface area contributed by atoms with E-state index in [1.54, 1.807) is 18.2 Å². The summed E-state index contributed by atoms with van der Waals surface area (Å²) in [5.74, 6) is 1.24. The van der Waals surface area contributed by atoms with E-state index in [0.29, 0.717) is 39.3 Å². The number of amides is 1. The van der Waals surface area contributed by atoms with Crippen molar-refractivity contribution in [3.63, 3.8) is 0 Å². The second-order valence-corrected chi connectivity index (χ2v) is 8.38. The van der Waals surface area contributed by atoms with E-state index in [9.17, 15) is 4.79 Å². The SMILES string of the molecule is Cc1cc2c3c(cc(C(=O)NCC4CC4)c2o1)NC(Nc1c(Cl)cccc1Cl)N3. The van der Waals surface area contributed by atoms with Crippen LogP contribution in [0.3, 0.4) is 0 Å². The van der Waals surface area contributed by atoms with Crippen molar-refractivity contribution in [1.29, 1.82) is 0 Å². The van der Waals surface area contributed by atoms with Gasteiger partial charge in [0.1, 0.15) is 11.3 Å². The van der Waals surface area contributed by atoms with Crippen LogP contribution in [0.1, 0.15) is 29.0 Å². The quantitative estimate of drug-likeness (QED) is 0.434. The summed E-state index contributed by atoms with van der Waals surface area (Å²) in [5, 5.41) is 15.0. The van der Waals surface area contributed by atoms with Gasteiger partial charge in [0.2, 0.25) is 0 Å². The smallest absolute Gasteiger partial charge is 0.255 e. The first-order chi connectivity index (χ1) is 14.0. The van der Waals surface area contributed by atoms with Crippen molar-refractivity contribution in [1.82, 2.24) is 5.32 Å². The van der Waals surface area contributed by atoms with Crippen LogP contribution in [0.25, 0.3) is 11.0 Å². The molecule has 1 aromatic heterocycles. The van der Waals surface area contributed by atoms with Gasteiger partial charge >= 0.3 is 0 Å². The van der Waals surface area contributed by atoms with Crippen molar-refractivity contribution < 1.29 is 9.21 Å². The highest BCUT2D eigenvalue weighted by Gasteiger charge is 2.28. The molecule has 8 heteroatoms. The van der Waals surface area contributed by atoms with Gasteiger partial charge < -0.3 is 25.7 Å². The zero-order valence-corrected chi connectivity index (χ0v) is 17.2. The molecular formula is C21H20Cl2N4O2. The highest BCUT2D eigenvalue weighted by atomic mass is 35.5. The number of para-hydroxylation sites is 1. The van der Waals surface area contributed by atoms with E-state index in [4.69, 9.17) is 27.6 Å². The molecule has 2 heterocycles. The molecule has 6 nitrogen and oxygen atoms in total. The van der Waals surface area contributed by atoms with E-state index >= 15 is 0 Å². The Morgan fingerprint density at radius 2 is 1.97 bits per heavy atom. The average molecular weight is 431 g/mol. The Morgan fingerprint density at radius 3 is 2.69 bits per heavy atom.